The van der Waals surface area contributed by atoms with E-state index >= 15 is 0 Å². The third-order valence-electron chi connectivity index (χ3n) is 3.28. The first-order valence-corrected chi connectivity index (χ1v) is 9.17. The number of carbonyl (C=O) groups excluding carboxylic acids is 1. The van der Waals surface area contributed by atoms with Gasteiger partial charge in [0, 0.05) is 51.3 Å². The van der Waals surface area contributed by atoms with Gasteiger partial charge in [-0.1, -0.05) is 18.2 Å². The summed E-state index contributed by atoms with van der Waals surface area (Å²) in [6.07, 6.45) is 2.74. The van der Waals surface area contributed by atoms with E-state index in [1.807, 2.05) is 42.1 Å². The molecule has 7 heteroatoms. The number of halogens is 1. The fourth-order valence-corrected chi connectivity index (χ4v) is 2.65. The summed E-state index contributed by atoms with van der Waals surface area (Å²) >= 11 is 1.83. The molecule has 0 atom stereocenters. The Bertz CT molecular complexity index is 564. The second-order valence-corrected chi connectivity index (χ2v) is 6.59. The Kier molecular flexibility index (Phi) is 13.3. The zero-order valence-corrected chi connectivity index (χ0v) is 18.4. The molecule has 0 fully saturated rings. The second-order valence-electron chi connectivity index (χ2n) is 5.44. The Morgan fingerprint density at radius 3 is 2.68 bits per heavy atom. The number of amides is 1. The van der Waals surface area contributed by atoms with Crippen molar-refractivity contribution in [1.29, 1.82) is 0 Å². The predicted octanol–water partition coefficient (Wildman–Crippen LogP) is 2.63. The van der Waals surface area contributed by atoms with E-state index in [9.17, 15) is 4.79 Å². The summed E-state index contributed by atoms with van der Waals surface area (Å²) in [7, 11) is 5.29. The summed E-state index contributed by atoms with van der Waals surface area (Å²) < 4.78 is 0. The average molecular weight is 476 g/mol. The molecule has 1 aromatic rings. The van der Waals surface area contributed by atoms with Gasteiger partial charge in [0.2, 0.25) is 0 Å². The summed E-state index contributed by atoms with van der Waals surface area (Å²) in [4.78, 5) is 17.8. The molecule has 0 aromatic heterocycles. The minimum Gasteiger partial charge on any atom is -0.356 e. The summed E-state index contributed by atoms with van der Waals surface area (Å²) in [6.45, 7) is 5.33. The topological polar surface area (TPSA) is 56.7 Å². The van der Waals surface area contributed by atoms with Crippen LogP contribution in [0.4, 0.5) is 0 Å². The van der Waals surface area contributed by atoms with Crippen LogP contribution in [-0.2, 0) is 6.42 Å². The zero-order chi connectivity index (χ0) is 17.8. The molecule has 0 radical (unpaired) electrons. The lowest BCUT2D eigenvalue weighted by Gasteiger charge is -2.13. The summed E-state index contributed by atoms with van der Waals surface area (Å²) in [5.74, 6) is 2.81. The van der Waals surface area contributed by atoms with Crippen LogP contribution in [0.3, 0.4) is 0 Å². The molecular weight excluding hydrogens is 447 g/mol. The standard InChI is InChI=1S/C18H28N4OS.HI/c1-5-12-24-13-11-21-18(19-2)20-10-9-15-7-6-8-16(14-15)17(23)22(3)4;/h5-8,14H,1,9-13H2,2-4H3,(H2,19,20,21);1H. The maximum atomic E-state index is 12.0. The normalized spacial score (nSPS) is 10.6. The van der Waals surface area contributed by atoms with Crippen molar-refractivity contribution in [3.05, 3.63) is 48.0 Å². The Morgan fingerprint density at radius 1 is 1.32 bits per heavy atom. The maximum absolute atomic E-state index is 12.0. The van der Waals surface area contributed by atoms with E-state index in [0.717, 1.165) is 48.1 Å². The van der Waals surface area contributed by atoms with Crippen LogP contribution >= 0.6 is 35.7 Å². The monoisotopic (exact) mass is 476 g/mol. The molecule has 0 bridgehead atoms. The van der Waals surface area contributed by atoms with Crippen LogP contribution in [0, 0.1) is 0 Å². The second kappa shape index (κ2) is 14.0. The van der Waals surface area contributed by atoms with Crippen LogP contribution in [0.2, 0.25) is 0 Å². The van der Waals surface area contributed by atoms with Gasteiger partial charge in [-0.05, 0) is 24.1 Å². The van der Waals surface area contributed by atoms with E-state index in [-0.39, 0.29) is 29.9 Å². The molecule has 0 spiro atoms. The molecule has 25 heavy (non-hydrogen) atoms. The van der Waals surface area contributed by atoms with Crippen LogP contribution in [0.5, 0.6) is 0 Å². The van der Waals surface area contributed by atoms with Crippen molar-refractivity contribution < 1.29 is 4.79 Å². The van der Waals surface area contributed by atoms with Gasteiger partial charge in [-0.15, -0.1) is 30.6 Å². The Labute approximate surface area is 172 Å². The molecular formula is C18H29IN4OS. The highest BCUT2D eigenvalue weighted by atomic mass is 127. The molecule has 0 aliphatic heterocycles. The minimum atomic E-state index is 0. The first-order valence-electron chi connectivity index (χ1n) is 8.02. The number of nitrogens with one attached hydrogen (secondary N) is 2. The number of aliphatic imine (C=N–C) groups is 1. The highest BCUT2D eigenvalue weighted by Crippen LogP contribution is 2.07. The van der Waals surface area contributed by atoms with Crippen LogP contribution in [-0.4, -0.2) is 62.5 Å². The summed E-state index contributed by atoms with van der Waals surface area (Å²) in [5, 5.41) is 6.58. The summed E-state index contributed by atoms with van der Waals surface area (Å²) in [5.41, 5.74) is 1.85. The van der Waals surface area contributed by atoms with E-state index in [4.69, 9.17) is 0 Å². The Hall–Kier alpha value is -1.22. The van der Waals surface area contributed by atoms with Crippen molar-refractivity contribution in [2.45, 2.75) is 6.42 Å². The lowest BCUT2D eigenvalue weighted by atomic mass is 10.1. The molecule has 0 aliphatic rings. The van der Waals surface area contributed by atoms with Crippen LogP contribution in [0.15, 0.2) is 41.9 Å². The van der Waals surface area contributed by atoms with E-state index < -0.39 is 0 Å². The van der Waals surface area contributed by atoms with Crippen LogP contribution in [0.1, 0.15) is 15.9 Å². The lowest BCUT2D eigenvalue weighted by molar-refractivity contribution is 0.0827. The number of rotatable bonds is 9. The zero-order valence-electron chi connectivity index (χ0n) is 15.2. The van der Waals surface area contributed by atoms with E-state index in [0.29, 0.717) is 0 Å². The number of benzene rings is 1. The van der Waals surface area contributed by atoms with E-state index in [1.54, 1.807) is 26.0 Å². The quantitative estimate of drug-likeness (QED) is 0.189. The number of hydrogen-bond donors (Lipinski definition) is 2. The van der Waals surface area contributed by atoms with Crippen molar-refractivity contribution in [3.8, 4) is 0 Å². The van der Waals surface area contributed by atoms with Crippen molar-refractivity contribution >= 4 is 47.6 Å². The number of carbonyl (C=O) groups is 1. The fourth-order valence-electron chi connectivity index (χ4n) is 2.07. The molecule has 0 heterocycles. The smallest absolute Gasteiger partial charge is 0.253 e. The van der Waals surface area contributed by atoms with Crippen molar-refractivity contribution in [2.24, 2.45) is 4.99 Å². The predicted molar refractivity (Wildman–Crippen MR) is 120 cm³/mol. The minimum absolute atomic E-state index is 0. The fraction of sp³-hybridized carbons (Fsp3) is 0.444. The van der Waals surface area contributed by atoms with E-state index in [1.165, 1.54) is 0 Å². The first kappa shape index (κ1) is 23.8. The number of guanidine groups is 1. The SMILES string of the molecule is C=CCSCCNC(=NC)NCCc1cccc(C(=O)N(C)C)c1.I. The molecule has 2 N–H and O–H groups in total. The largest absolute Gasteiger partial charge is 0.356 e. The van der Waals surface area contributed by atoms with Crippen molar-refractivity contribution in [1.82, 2.24) is 15.5 Å². The molecule has 1 rings (SSSR count). The average Bonchev–Trinajstić information content (AvgIpc) is 2.59. The van der Waals surface area contributed by atoms with Gasteiger partial charge in [-0.3, -0.25) is 9.79 Å². The third-order valence-corrected chi connectivity index (χ3v) is 4.25. The molecule has 0 aliphatic carbocycles. The van der Waals surface area contributed by atoms with Gasteiger partial charge in [-0.2, -0.15) is 11.8 Å². The highest BCUT2D eigenvalue weighted by molar-refractivity contribution is 14.0. The van der Waals surface area contributed by atoms with Gasteiger partial charge in [0.15, 0.2) is 5.96 Å². The van der Waals surface area contributed by atoms with Crippen LogP contribution in [0.25, 0.3) is 0 Å². The van der Waals surface area contributed by atoms with Crippen molar-refractivity contribution in [3.63, 3.8) is 0 Å². The van der Waals surface area contributed by atoms with Gasteiger partial charge in [0.1, 0.15) is 0 Å². The molecule has 140 valence electrons. The molecule has 0 saturated carbocycles. The molecule has 5 nitrogen and oxygen atoms in total. The molecule has 0 saturated heterocycles. The highest BCUT2D eigenvalue weighted by Gasteiger charge is 2.08. The van der Waals surface area contributed by atoms with Gasteiger partial charge in [0.05, 0.1) is 0 Å². The Morgan fingerprint density at radius 2 is 2.04 bits per heavy atom. The molecule has 0 unspecified atom stereocenters. The molecule has 1 aromatic carbocycles. The van der Waals surface area contributed by atoms with Gasteiger partial charge in [-0.25, -0.2) is 0 Å². The number of thioether (sulfide) groups is 1. The van der Waals surface area contributed by atoms with Gasteiger partial charge >= 0.3 is 0 Å². The first-order chi connectivity index (χ1) is 11.6. The third kappa shape index (κ3) is 9.74. The van der Waals surface area contributed by atoms with Gasteiger partial charge < -0.3 is 15.5 Å². The number of hydrogen-bond acceptors (Lipinski definition) is 3. The van der Waals surface area contributed by atoms with Crippen molar-refractivity contribution in [2.75, 3.05) is 45.7 Å². The maximum Gasteiger partial charge on any atom is 0.253 e. The Balaban J connectivity index is 0.00000576. The molecule has 1 amide bonds. The number of nitrogens with zero attached hydrogens (tertiary/aromatic N) is 2. The lowest BCUT2D eigenvalue weighted by Crippen LogP contribution is -2.39. The van der Waals surface area contributed by atoms with Gasteiger partial charge in [0.25, 0.3) is 5.91 Å². The van der Waals surface area contributed by atoms with E-state index in [2.05, 4.69) is 22.2 Å². The van der Waals surface area contributed by atoms with Crippen LogP contribution < -0.4 is 10.6 Å². The summed E-state index contributed by atoms with van der Waals surface area (Å²) in [6, 6.07) is 7.76.